The van der Waals surface area contributed by atoms with Crippen LogP contribution in [0.1, 0.15) is 4.88 Å². The van der Waals surface area contributed by atoms with Crippen molar-refractivity contribution in [3.8, 4) is 21.1 Å². The number of hydrogen-bond acceptors (Lipinski definition) is 5. The third-order valence-corrected chi connectivity index (χ3v) is 4.83. The number of thiophene rings is 1. The standard InChI is InChI=1S/C15H10FNO2S2/c16-10-5-3-9(4-6-10)15-17-14(11-2-1-7-20-11)12(21-15)8-13(18)19/h1-7H,8H2,(H,18,19)/p-1. The predicted molar refractivity (Wildman–Crippen MR) is 79.5 cm³/mol. The van der Waals surface area contributed by atoms with Crippen LogP contribution in [-0.4, -0.2) is 11.0 Å². The summed E-state index contributed by atoms with van der Waals surface area (Å²) in [5.41, 5.74) is 1.43. The zero-order valence-electron chi connectivity index (χ0n) is 10.7. The summed E-state index contributed by atoms with van der Waals surface area (Å²) in [5.74, 6) is -1.45. The van der Waals surface area contributed by atoms with E-state index in [0.717, 1.165) is 10.4 Å². The fourth-order valence-electron chi connectivity index (χ4n) is 1.92. The van der Waals surface area contributed by atoms with Crippen LogP contribution in [0.5, 0.6) is 0 Å². The van der Waals surface area contributed by atoms with Crippen LogP contribution in [0.3, 0.4) is 0 Å². The molecule has 3 rings (SSSR count). The minimum Gasteiger partial charge on any atom is -0.550 e. The lowest BCUT2D eigenvalue weighted by atomic mass is 10.2. The molecule has 0 saturated heterocycles. The van der Waals surface area contributed by atoms with E-state index in [2.05, 4.69) is 4.98 Å². The number of carbonyl (C=O) groups is 1. The second-order valence-corrected chi connectivity index (χ2v) is 6.36. The number of carboxylic acids is 1. The molecule has 0 fully saturated rings. The maximum atomic E-state index is 13.0. The molecular weight excluding hydrogens is 309 g/mol. The lowest BCUT2D eigenvalue weighted by molar-refractivity contribution is -0.304. The van der Waals surface area contributed by atoms with Crippen LogP contribution in [0.4, 0.5) is 4.39 Å². The molecule has 0 aliphatic carbocycles. The van der Waals surface area contributed by atoms with Gasteiger partial charge in [0.25, 0.3) is 0 Å². The number of rotatable bonds is 4. The Labute approximate surface area is 128 Å². The zero-order chi connectivity index (χ0) is 14.8. The Morgan fingerprint density at radius 3 is 2.62 bits per heavy atom. The maximum absolute atomic E-state index is 13.0. The fourth-order valence-corrected chi connectivity index (χ4v) is 3.80. The van der Waals surface area contributed by atoms with E-state index < -0.39 is 5.97 Å². The van der Waals surface area contributed by atoms with Crippen LogP contribution in [-0.2, 0) is 11.2 Å². The third-order valence-electron chi connectivity index (χ3n) is 2.85. The predicted octanol–water partition coefficient (Wildman–Crippen LogP) is 2.97. The van der Waals surface area contributed by atoms with Crippen LogP contribution >= 0.6 is 22.7 Å². The SMILES string of the molecule is O=C([O-])Cc1sc(-c2ccc(F)cc2)nc1-c1cccs1. The Kier molecular flexibility index (Phi) is 3.81. The molecular formula is C15H9FNO2S2-. The Balaban J connectivity index is 2.07. The molecule has 0 radical (unpaired) electrons. The normalized spacial score (nSPS) is 10.7. The Morgan fingerprint density at radius 1 is 1.24 bits per heavy atom. The van der Waals surface area contributed by atoms with E-state index in [9.17, 15) is 14.3 Å². The summed E-state index contributed by atoms with van der Waals surface area (Å²) in [6.45, 7) is 0. The van der Waals surface area contributed by atoms with E-state index >= 15 is 0 Å². The summed E-state index contributed by atoms with van der Waals surface area (Å²) in [6.07, 6.45) is -0.175. The van der Waals surface area contributed by atoms with Gasteiger partial charge in [-0.05, 0) is 35.7 Å². The van der Waals surface area contributed by atoms with Gasteiger partial charge >= 0.3 is 0 Å². The average Bonchev–Trinajstić information content (AvgIpc) is 3.08. The molecule has 0 atom stereocenters. The molecule has 2 heterocycles. The quantitative estimate of drug-likeness (QED) is 0.743. The molecule has 106 valence electrons. The number of aliphatic carboxylic acids is 1. The molecule has 21 heavy (non-hydrogen) atoms. The minimum absolute atomic E-state index is 0.175. The van der Waals surface area contributed by atoms with Gasteiger partial charge in [0.05, 0.1) is 10.6 Å². The molecule has 6 heteroatoms. The Hall–Kier alpha value is -2.05. The first-order valence-corrected chi connectivity index (χ1v) is 7.82. The Morgan fingerprint density at radius 2 is 2.00 bits per heavy atom. The fraction of sp³-hybridized carbons (Fsp3) is 0.0667. The summed E-state index contributed by atoms with van der Waals surface area (Å²) in [6, 6.07) is 9.77. The smallest absolute Gasteiger partial charge is 0.124 e. The molecule has 0 aliphatic heterocycles. The van der Waals surface area contributed by atoms with Gasteiger partial charge in [0, 0.05) is 22.8 Å². The Bertz CT molecular complexity index is 764. The van der Waals surface area contributed by atoms with E-state index in [1.807, 2.05) is 17.5 Å². The van der Waals surface area contributed by atoms with Crippen molar-refractivity contribution in [2.45, 2.75) is 6.42 Å². The van der Waals surface area contributed by atoms with Crippen LogP contribution < -0.4 is 5.11 Å². The van der Waals surface area contributed by atoms with E-state index in [1.54, 1.807) is 12.1 Å². The van der Waals surface area contributed by atoms with Crippen molar-refractivity contribution in [1.82, 2.24) is 4.98 Å². The summed E-state index contributed by atoms with van der Waals surface area (Å²) in [4.78, 5) is 17.0. The molecule has 0 unspecified atom stereocenters. The number of carboxylic acid groups (broad SMARTS) is 1. The van der Waals surface area contributed by atoms with Crippen LogP contribution in [0.2, 0.25) is 0 Å². The van der Waals surface area contributed by atoms with Crippen molar-refractivity contribution in [3.05, 3.63) is 52.5 Å². The van der Waals surface area contributed by atoms with Crippen LogP contribution in [0.15, 0.2) is 41.8 Å². The third kappa shape index (κ3) is 3.01. The highest BCUT2D eigenvalue weighted by molar-refractivity contribution is 7.17. The lowest BCUT2D eigenvalue weighted by Gasteiger charge is -2.00. The van der Waals surface area contributed by atoms with Crippen molar-refractivity contribution < 1.29 is 14.3 Å². The van der Waals surface area contributed by atoms with Crippen LogP contribution in [0.25, 0.3) is 21.1 Å². The van der Waals surface area contributed by atoms with Gasteiger partial charge in [-0.15, -0.1) is 22.7 Å². The first-order valence-electron chi connectivity index (χ1n) is 6.13. The number of nitrogens with zero attached hydrogens (tertiary/aromatic N) is 1. The number of halogens is 1. The highest BCUT2D eigenvalue weighted by atomic mass is 32.1. The largest absolute Gasteiger partial charge is 0.550 e. The van der Waals surface area contributed by atoms with Gasteiger partial charge in [-0.25, -0.2) is 9.37 Å². The first-order chi connectivity index (χ1) is 10.1. The van der Waals surface area contributed by atoms with Crippen molar-refractivity contribution in [1.29, 1.82) is 0 Å². The lowest BCUT2D eigenvalue weighted by Crippen LogP contribution is -2.24. The zero-order valence-corrected chi connectivity index (χ0v) is 12.3. The van der Waals surface area contributed by atoms with Gasteiger partial charge in [-0.1, -0.05) is 6.07 Å². The molecule has 2 aromatic heterocycles. The van der Waals surface area contributed by atoms with Crippen LogP contribution in [0, 0.1) is 5.82 Å². The molecule has 3 nitrogen and oxygen atoms in total. The van der Waals surface area contributed by atoms with Gasteiger partial charge in [-0.2, -0.15) is 0 Å². The van der Waals surface area contributed by atoms with Gasteiger partial charge in [-0.3, -0.25) is 0 Å². The molecule has 3 aromatic rings. The maximum Gasteiger partial charge on any atom is 0.124 e. The first kappa shape index (κ1) is 13.9. The molecule has 0 N–H and O–H groups in total. The number of hydrogen-bond donors (Lipinski definition) is 0. The minimum atomic E-state index is -1.14. The number of carbonyl (C=O) groups excluding carboxylic acids is 1. The van der Waals surface area contributed by atoms with E-state index in [1.165, 1.54) is 34.8 Å². The number of aromatic nitrogens is 1. The van der Waals surface area contributed by atoms with E-state index in [0.29, 0.717) is 15.6 Å². The summed E-state index contributed by atoms with van der Waals surface area (Å²) in [7, 11) is 0. The summed E-state index contributed by atoms with van der Waals surface area (Å²) >= 11 is 2.80. The van der Waals surface area contributed by atoms with E-state index in [4.69, 9.17) is 0 Å². The van der Waals surface area contributed by atoms with Gasteiger partial charge in [0.15, 0.2) is 0 Å². The van der Waals surface area contributed by atoms with Crippen molar-refractivity contribution in [2.24, 2.45) is 0 Å². The molecule has 1 aromatic carbocycles. The van der Waals surface area contributed by atoms with Crippen molar-refractivity contribution in [3.63, 3.8) is 0 Å². The molecule has 0 bridgehead atoms. The second kappa shape index (κ2) is 5.75. The highest BCUT2D eigenvalue weighted by Crippen LogP contribution is 2.36. The molecule has 0 saturated carbocycles. The van der Waals surface area contributed by atoms with Crippen molar-refractivity contribution in [2.75, 3.05) is 0 Å². The number of thiazole rings is 1. The number of benzene rings is 1. The molecule has 0 amide bonds. The summed E-state index contributed by atoms with van der Waals surface area (Å²) < 4.78 is 13.0. The highest BCUT2D eigenvalue weighted by Gasteiger charge is 2.15. The van der Waals surface area contributed by atoms with Gasteiger partial charge < -0.3 is 9.90 Å². The second-order valence-electron chi connectivity index (χ2n) is 4.32. The van der Waals surface area contributed by atoms with Gasteiger partial charge in [0.1, 0.15) is 10.8 Å². The average molecular weight is 318 g/mol. The van der Waals surface area contributed by atoms with Gasteiger partial charge in [0.2, 0.25) is 0 Å². The molecule has 0 spiro atoms. The summed E-state index contributed by atoms with van der Waals surface area (Å²) in [5, 5.41) is 13.5. The molecule has 0 aliphatic rings. The van der Waals surface area contributed by atoms with E-state index in [-0.39, 0.29) is 12.2 Å². The monoisotopic (exact) mass is 318 g/mol. The topological polar surface area (TPSA) is 53.0 Å². The van der Waals surface area contributed by atoms with Crippen molar-refractivity contribution >= 4 is 28.6 Å².